The summed E-state index contributed by atoms with van der Waals surface area (Å²) in [6.07, 6.45) is 0. The van der Waals surface area contributed by atoms with E-state index in [2.05, 4.69) is 10.6 Å². The Balaban J connectivity index is 1.98. The fraction of sp³-hybridized carbons (Fsp3) is 0.200. The second kappa shape index (κ2) is 6.13. The quantitative estimate of drug-likeness (QED) is 0.806. The predicted molar refractivity (Wildman–Crippen MR) is 79.0 cm³/mol. The highest BCUT2D eigenvalue weighted by molar-refractivity contribution is 5.95. The molecule has 0 bridgehead atoms. The number of rotatable bonds is 4. The van der Waals surface area contributed by atoms with Crippen LogP contribution in [0.1, 0.15) is 34.8 Å². The van der Waals surface area contributed by atoms with Crippen LogP contribution < -0.4 is 16.4 Å². The third kappa shape index (κ3) is 3.85. The highest BCUT2D eigenvalue weighted by atomic mass is 16.3. The molecule has 0 saturated carbocycles. The summed E-state index contributed by atoms with van der Waals surface area (Å²) in [4.78, 5) is 23.0. The van der Waals surface area contributed by atoms with Crippen LogP contribution in [0.2, 0.25) is 0 Å². The van der Waals surface area contributed by atoms with Crippen molar-refractivity contribution < 1.29 is 14.0 Å². The molecule has 0 spiro atoms. The third-order valence-electron chi connectivity index (χ3n) is 2.94. The highest BCUT2D eigenvalue weighted by Crippen LogP contribution is 2.16. The van der Waals surface area contributed by atoms with Gasteiger partial charge in [-0.1, -0.05) is 6.07 Å². The Kier molecular flexibility index (Phi) is 4.27. The molecule has 3 amide bonds. The Morgan fingerprint density at radius 1 is 1.24 bits per heavy atom. The van der Waals surface area contributed by atoms with Crippen molar-refractivity contribution in [1.29, 1.82) is 0 Å². The first-order valence-corrected chi connectivity index (χ1v) is 6.49. The fourth-order valence-electron chi connectivity index (χ4n) is 1.87. The molecule has 0 fully saturated rings. The average Bonchev–Trinajstić information content (AvgIpc) is 2.85. The number of carbonyl (C=O) groups is 2. The molecule has 4 N–H and O–H groups in total. The summed E-state index contributed by atoms with van der Waals surface area (Å²) in [5, 5.41) is 5.39. The Morgan fingerprint density at radius 3 is 2.62 bits per heavy atom. The maximum Gasteiger partial charge on any atom is 0.319 e. The van der Waals surface area contributed by atoms with Crippen LogP contribution in [0.3, 0.4) is 0 Å². The molecule has 6 nitrogen and oxygen atoms in total. The minimum Gasteiger partial charge on any atom is -0.464 e. The number of hydrogen-bond acceptors (Lipinski definition) is 3. The normalized spacial score (nSPS) is 11.7. The van der Waals surface area contributed by atoms with Gasteiger partial charge < -0.3 is 20.8 Å². The average molecular weight is 287 g/mol. The minimum atomic E-state index is -0.543. The number of anilines is 1. The van der Waals surface area contributed by atoms with Crippen LogP contribution in [0.25, 0.3) is 0 Å². The summed E-state index contributed by atoms with van der Waals surface area (Å²) >= 11 is 0. The van der Waals surface area contributed by atoms with Gasteiger partial charge in [0.2, 0.25) is 5.91 Å². The molecule has 6 heteroatoms. The summed E-state index contributed by atoms with van der Waals surface area (Å²) in [6.45, 7) is 3.66. The Bertz CT molecular complexity index is 664. The zero-order valence-corrected chi connectivity index (χ0v) is 11.8. The molecule has 0 aliphatic rings. The van der Waals surface area contributed by atoms with E-state index in [1.54, 1.807) is 18.2 Å². The Morgan fingerprint density at radius 2 is 2.00 bits per heavy atom. The first-order chi connectivity index (χ1) is 9.95. The lowest BCUT2D eigenvalue weighted by atomic mass is 10.2. The van der Waals surface area contributed by atoms with E-state index in [4.69, 9.17) is 10.2 Å². The molecule has 0 aliphatic carbocycles. The SMILES string of the molecule is Cc1ccc([C@H](C)NC(=O)Nc2cccc(C(N)=O)c2)o1. The van der Waals surface area contributed by atoms with Gasteiger partial charge in [0.15, 0.2) is 0 Å². The molecule has 1 heterocycles. The molecule has 110 valence electrons. The fourth-order valence-corrected chi connectivity index (χ4v) is 1.87. The van der Waals surface area contributed by atoms with Gasteiger partial charge in [-0.05, 0) is 44.2 Å². The van der Waals surface area contributed by atoms with E-state index >= 15 is 0 Å². The van der Waals surface area contributed by atoms with Gasteiger partial charge in [-0.3, -0.25) is 4.79 Å². The van der Waals surface area contributed by atoms with Gasteiger partial charge in [-0.15, -0.1) is 0 Å². The van der Waals surface area contributed by atoms with E-state index in [1.807, 2.05) is 26.0 Å². The minimum absolute atomic E-state index is 0.266. The number of benzene rings is 1. The molecule has 1 aromatic heterocycles. The first-order valence-electron chi connectivity index (χ1n) is 6.49. The monoisotopic (exact) mass is 287 g/mol. The number of hydrogen-bond donors (Lipinski definition) is 3. The molecule has 1 atom stereocenters. The van der Waals surface area contributed by atoms with E-state index in [9.17, 15) is 9.59 Å². The van der Waals surface area contributed by atoms with Crippen LogP contribution in [-0.2, 0) is 0 Å². The van der Waals surface area contributed by atoms with Crippen molar-refractivity contribution in [3.63, 3.8) is 0 Å². The molecular weight excluding hydrogens is 270 g/mol. The molecule has 2 rings (SSSR count). The molecule has 1 aromatic carbocycles. The molecule has 2 aromatic rings. The predicted octanol–water partition coefficient (Wildman–Crippen LogP) is 2.57. The van der Waals surface area contributed by atoms with E-state index < -0.39 is 11.9 Å². The number of primary amides is 1. The van der Waals surface area contributed by atoms with Crippen LogP contribution in [0, 0.1) is 6.92 Å². The standard InChI is InChI=1S/C15H17N3O3/c1-9-6-7-13(21-9)10(2)17-15(20)18-12-5-3-4-11(8-12)14(16)19/h3-8,10H,1-2H3,(H2,16,19)(H2,17,18,20)/t10-/m0/s1. The number of nitrogens with two attached hydrogens (primary N) is 1. The molecule has 0 radical (unpaired) electrons. The van der Waals surface area contributed by atoms with Crippen LogP contribution in [-0.4, -0.2) is 11.9 Å². The van der Waals surface area contributed by atoms with Crippen LogP contribution in [0.5, 0.6) is 0 Å². The van der Waals surface area contributed by atoms with E-state index in [0.717, 1.165) is 5.76 Å². The van der Waals surface area contributed by atoms with Crippen molar-refractivity contribution in [2.24, 2.45) is 5.73 Å². The summed E-state index contributed by atoms with van der Waals surface area (Å²) in [5.74, 6) is 0.917. The molecule has 0 unspecified atom stereocenters. The summed E-state index contributed by atoms with van der Waals surface area (Å²) in [5.41, 5.74) is 6.02. The number of carbonyl (C=O) groups excluding carboxylic acids is 2. The van der Waals surface area contributed by atoms with E-state index in [-0.39, 0.29) is 6.04 Å². The lowest BCUT2D eigenvalue weighted by molar-refractivity contribution is 0.1000. The van der Waals surface area contributed by atoms with Gasteiger partial charge in [0.1, 0.15) is 11.5 Å². The van der Waals surface area contributed by atoms with Crippen molar-refractivity contribution in [3.05, 3.63) is 53.5 Å². The van der Waals surface area contributed by atoms with Crippen molar-refractivity contribution >= 4 is 17.6 Å². The van der Waals surface area contributed by atoms with Gasteiger partial charge >= 0.3 is 6.03 Å². The van der Waals surface area contributed by atoms with Crippen molar-refractivity contribution in [1.82, 2.24) is 5.32 Å². The van der Waals surface area contributed by atoms with Crippen molar-refractivity contribution in [2.45, 2.75) is 19.9 Å². The van der Waals surface area contributed by atoms with Crippen LogP contribution in [0.15, 0.2) is 40.8 Å². The van der Waals surface area contributed by atoms with Gasteiger partial charge in [-0.25, -0.2) is 4.79 Å². The van der Waals surface area contributed by atoms with Gasteiger partial charge in [0.05, 0.1) is 6.04 Å². The number of furan rings is 1. The zero-order valence-electron chi connectivity index (χ0n) is 11.8. The van der Waals surface area contributed by atoms with Gasteiger partial charge in [0, 0.05) is 11.3 Å². The maximum atomic E-state index is 11.9. The summed E-state index contributed by atoms with van der Waals surface area (Å²) < 4.78 is 5.44. The van der Waals surface area contributed by atoms with Gasteiger partial charge in [0.25, 0.3) is 0 Å². The van der Waals surface area contributed by atoms with Crippen molar-refractivity contribution in [2.75, 3.05) is 5.32 Å². The molecule has 0 saturated heterocycles. The second-order valence-electron chi connectivity index (χ2n) is 4.71. The first kappa shape index (κ1) is 14.6. The summed E-state index contributed by atoms with van der Waals surface area (Å²) in [6, 6.07) is 9.41. The van der Waals surface area contributed by atoms with Crippen molar-refractivity contribution in [3.8, 4) is 0 Å². The second-order valence-corrected chi connectivity index (χ2v) is 4.71. The topological polar surface area (TPSA) is 97.4 Å². The smallest absolute Gasteiger partial charge is 0.319 e. The number of amides is 3. The lowest BCUT2D eigenvalue weighted by Gasteiger charge is -2.13. The molecule has 0 aliphatic heterocycles. The lowest BCUT2D eigenvalue weighted by Crippen LogP contribution is -2.31. The van der Waals surface area contributed by atoms with Crippen LogP contribution >= 0.6 is 0 Å². The third-order valence-corrected chi connectivity index (χ3v) is 2.94. The Labute approximate surface area is 122 Å². The van der Waals surface area contributed by atoms with E-state index in [1.165, 1.54) is 6.07 Å². The Hall–Kier alpha value is -2.76. The molecule has 21 heavy (non-hydrogen) atoms. The maximum absolute atomic E-state index is 11.9. The summed E-state index contributed by atoms with van der Waals surface area (Å²) in [7, 11) is 0. The highest BCUT2D eigenvalue weighted by Gasteiger charge is 2.13. The largest absolute Gasteiger partial charge is 0.464 e. The van der Waals surface area contributed by atoms with Crippen LogP contribution in [0.4, 0.5) is 10.5 Å². The zero-order chi connectivity index (χ0) is 15.4. The number of urea groups is 1. The van der Waals surface area contributed by atoms with Gasteiger partial charge in [-0.2, -0.15) is 0 Å². The number of aryl methyl sites for hydroxylation is 1. The number of nitrogens with one attached hydrogen (secondary N) is 2. The van der Waals surface area contributed by atoms with E-state index in [0.29, 0.717) is 17.0 Å². The molecular formula is C15H17N3O3.